The first kappa shape index (κ1) is 24.3. The summed E-state index contributed by atoms with van der Waals surface area (Å²) in [6.45, 7) is 1.40. The number of carboxylic acids is 1. The number of fused-ring (bicyclic) bond motifs is 2. The summed E-state index contributed by atoms with van der Waals surface area (Å²) >= 11 is 3.42. The number of hydrogen-bond donors (Lipinski definition) is 1. The fourth-order valence-corrected chi connectivity index (χ4v) is 4.25. The molecule has 186 valence electrons. The van der Waals surface area contributed by atoms with Crippen LogP contribution in [0.2, 0.25) is 0 Å². The number of halogens is 1. The van der Waals surface area contributed by atoms with Crippen molar-refractivity contribution in [1.29, 1.82) is 0 Å². The summed E-state index contributed by atoms with van der Waals surface area (Å²) in [5.41, 5.74) is 1.12. The number of hydrogen-bond acceptors (Lipinski definition) is 7. The molecule has 2 heterocycles. The van der Waals surface area contributed by atoms with E-state index in [2.05, 4.69) is 26.0 Å². The van der Waals surface area contributed by atoms with Crippen LogP contribution >= 0.6 is 15.9 Å². The second-order valence-electron chi connectivity index (χ2n) is 8.09. The highest BCUT2D eigenvalue weighted by Gasteiger charge is 2.20. The molecule has 5 aromatic rings. The van der Waals surface area contributed by atoms with Gasteiger partial charge in [-0.1, -0.05) is 46.3 Å². The van der Waals surface area contributed by atoms with E-state index in [4.69, 9.17) is 13.9 Å². The van der Waals surface area contributed by atoms with Crippen molar-refractivity contribution in [3.8, 4) is 23.1 Å². The van der Waals surface area contributed by atoms with Gasteiger partial charge < -0.3 is 19.0 Å². The van der Waals surface area contributed by atoms with Gasteiger partial charge in [-0.25, -0.2) is 9.78 Å². The van der Waals surface area contributed by atoms with Crippen molar-refractivity contribution >= 4 is 50.0 Å². The molecule has 0 saturated carbocycles. The number of para-hydroxylation sites is 2. The third kappa shape index (κ3) is 4.70. The zero-order valence-corrected chi connectivity index (χ0v) is 21.3. The largest absolute Gasteiger partial charge is 0.493 e. The number of methoxy groups -OCH3 is 1. The number of furan rings is 1. The third-order valence-corrected chi connectivity index (χ3v) is 6.08. The van der Waals surface area contributed by atoms with Crippen molar-refractivity contribution in [2.24, 2.45) is 5.10 Å². The average Bonchev–Trinajstić information content (AvgIpc) is 3.33. The van der Waals surface area contributed by atoms with E-state index in [1.807, 2.05) is 24.3 Å². The van der Waals surface area contributed by atoms with Crippen LogP contribution in [0.5, 0.6) is 11.5 Å². The molecule has 2 aromatic heterocycles. The quantitative estimate of drug-likeness (QED) is 0.267. The molecular formula is C27H20BrN3O6. The van der Waals surface area contributed by atoms with Crippen molar-refractivity contribution < 1.29 is 23.8 Å². The Hall–Kier alpha value is -4.44. The molecule has 0 aliphatic carbocycles. The number of rotatable bonds is 7. The van der Waals surface area contributed by atoms with Gasteiger partial charge in [0.2, 0.25) is 5.82 Å². The van der Waals surface area contributed by atoms with E-state index in [1.54, 1.807) is 42.5 Å². The lowest BCUT2D eigenvalue weighted by Gasteiger charge is -2.16. The van der Waals surface area contributed by atoms with Gasteiger partial charge in [-0.3, -0.25) is 4.79 Å². The Morgan fingerprint density at radius 3 is 2.68 bits per heavy atom. The number of carboxylic acid groups (broad SMARTS) is 1. The zero-order valence-electron chi connectivity index (χ0n) is 19.7. The van der Waals surface area contributed by atoms with Crippen LogP contribution in [0.25, 0.3) is 33.5 Å². The Kier molecular flexibility index (Phi) is 6.49. The van der Waals surface area contributed by atoms with Crippen LogP contribution in [-0.4, -0.2) is 40.2 Å². The predicted molar refractivity (Wildman–Crippen MR) is 143 cm³/mol. The Balaban J connectivity index is 1.71. The number of ether oxygens (including phenoxy) is 2. The van der Waals surface area contributed by atoms with E-state index in [-0.39, 0.29) is 11.6 Å². The van der Waals surface area contributed by atoms with Gasteiger partial charge in [0.1, 0.15) is 5.58 Å². The first-order valence-electron chi connectivity index (χ1n) is 11.2. The second kappa shape index (κ2) is 9.90. The lowest BCUT2D eigenvalue weighted by Crippen LogP contribution is -2.24. The van der Waals surface area contributed by atoms with E-state index in [0.29, 0.717) is 38.0 Å². The van der Waals surface area contributed by atoms with Crippen LogP contribution in [0, 0.1) is 0 Å². The minimum Gasteiger partial charge on any atom is -0.493 e. The average molecular weight is 562 g/mol. The Morgan fingerprint density at radius 1 is 1.16 bits per heavy atom. The van der Waals surface area contributed by atoms with E-state index < -0.39 is 17.6 Å². The first-order chi connectivity index (χ1) is 17.9. The standard InChI is InChI=1S/C27H20BrN3O6/c1-15(27(33)34)36-24-17(11-18(28)13-22(24)35-2)14-29-31-25(23-12-16-7-3-6-10-21(16)37-23)30-20-9-5-4-8-19(20)26(31)32/h3-15H,1-2H3,(H,33,34)/t15-/m0/s1. The molecule has 0 aliphatic heterocycles. The molecule has 5 rings (SSSR count). The van der Waals surface area contributed by atoms with Gasteiger partial charge in [-0.2, -0.15) is 9.78 Å². The van der Waals surface area contributed by atoms with Crippen molar-refractivity contribution in [2.45, 2.75) is 13.0 Å². The van der Waals surface area contributed by atoms with E-state index in [1.165, 1.54) is 20.2 Å². The fourth-order valence-electron chi connectivity index (χ4n) is 3.79. The first-order valence-corrected chi connectivity index (χ1v) is 12.0. The highest BCUT2D eigenvalue weighted by molar-refractivity contribution is 9.10. The second-order valence-corrected chi connectivity index (χ2v) is 9.00. The maximum Gasteiger partial charge on any atom is 0.344 e. The summed E-state index contributed by atoms with van der Waals surface area (Å²) in [7, 11) is 1.44. The summed E-state index contributed by atoms with van der Waals surface area (Å²) in [6.07, 6.45) is 0.236. The summed E-state index contributed by atoms with van der Waals surface area (Å²) in [5, 5.41) is 15.0. The zero-order chi connectivity index (χ0) is 26.1. The van der Waals surface area contributed by atoms with Crippen molar-refractivity contribution in [3.05, 3.63) is 87.1 Å². The highest BCUT2D eigenvalue weighted by Crippen LogP contribution is 2.35. The maximum absolute atomic E-state index is 13.5. The number of nitrogens with zero attached hydrogens (tertiary/aromatic N) is 3. The number of aromatic nitrogens is 2. The van der Waals surface area contributed by atoms with Gasteiger partial charge in [-0.15, -0.1) is 0 Å². The van der Waals surface area contributed by atoms with Gasteiger partial charge in [0.05, 0.1) is 24.2 Å². The number of benzene rings is 3. The fraction of sp³-hybridized carbons (Fsp3) is 0.111. The van der Waals surface area contributed by atoms with Gasteiger partial charge >= 0.3 is 5.97 Å². The Bertz CT molecular complexity index is 1710. The minimum absolute atomic E-state index is 0.163. The predicted octanol–water partition coefficient (Wildman–Crippen LogP) is 5.31. The molecule has 1 atom stereocenters. The summed E-state index contributed by atoms with van der Waals surface area (Å²) in [6, 6.07) is 19.5. The molecule has 37 heavy (non-hydrogen) atoms. The minimum atomic E-state index is -1.15. The van der Waals surface area contributed by atoms with Crippen molar-refractivity contribution in [2.75, 3.05) is 7.11 Å². The lowest BCUT2D eigenvalue weighted by molar-refractivity contribution is -0.144. The molecule has 3 aromatic carbocycles. The van der Waals surface area contributed by atoms with Crippen LogP contribution in [0.3, 0.4) is 0 Å². The molecule has 0 unspecified atom stereocenters. The van der Waals surface area contributed by atoms with Crippen LogP contribution in [0.15, 0.2) is 85.5 Å². The maximum atomic E-state index is 13.5. The molecule has 0 bridgehead atoms. The summed E-state index contributed by atoms with van der Waals surface area (Å²) in [5.74, 6) is -0.111. The molecule has 0 saturated heterocycles. The SMILES string of the molecule is COc1cc(Br)cc(C=Nn2c(-c3cc4ccccc4o3)nc3ccccc3c2=O)c1O[C@@H](C)C(=O)O. The Labute approximate surface area is 218 Å². The van der Waals surface area contributed by atoms with E-state index >= 15 is 0 Å². The van der Waals surface area contributed by atoms with Crippen molar-refractivity contribution in [1.82, 2.24) is 9.66 Å². The van der Waals surface area contributed by atoms with Crippen LogP contribution in [0.4, 0.5) is 0 Å². The van der Waals surface area contributed by atoms with Gasteiger partial charge in [0.15, 0.2) is 23.4 Å². The highest BCUT2D eigenvalue weighted by atomic mass is 79.9. The molecule has 10 heteroatoms. The summed E-state index contributed by atoms with van der Waals surface area (Å²) in [4.78, 5) is 29.6. The monoisotopic (exact) mass is 561 g/mol. The summed E-state index contributed by atoms with van der Waals surface area (Å²) < 4.78 is 18.9. The smallest absolute Gasteiger partial charge is 0.344 e. The molecular weight excluding hydrogens is 542 g/mol. The normalized spacial score (nSPS) is 12.3. The molecule has 0 radical (unpaired) electrons. The molecule has 9 nitrogen and oxygen atoms in total. The van der Waals surface area contributed by atoms with Crippen LogP contribution in [-0.2, 0) is 4.79 Å². The third-order valence-electron chi connectivity index (χ3n) is 5.62. The van der Waals surface area contributed by atoms with Gasteiger partial charge in [0.25, 0.3) is 5.56 Å². The molecule has 0 spiro atoms. The van der Waals surface area contributed by atoms with Crippen LogP contribution < -0.4 is 15.0 Å². The van der Waals surface area contributed by atoms with E-state index in [0.717, 1.165) is 10.1 Å². The molecule has 0 fully saturated rings. The van der Waals surface area contributed by atoms with Gasteiger partial charge in [-0.05, 0) is 43.3 Å². The van der Waals surface area contributed by atoms with Gasteiger partial charge in [0, 0.05) is 15.4 Å². The number of aliphatic carboxylic acids is 1. The topological polar surface area (TPSA) is 116 Å². The Morgan fingerprint density at radius 2 is 1.92 bits per heavy atom. The number of carbonyl (C=O) groups is 1. The molecule has 0 aliphatic rings. The van der Waals surface area contributed by atoms with Crippen molar-refractivity contribution in [3.63, 3.8) is 0 Å². The molecule has 0 amide bonds. The lowest BCUT2D eigenvalue weighted by atomic mass is 10.2. The van der Waals surface area contributed by atoms with Crippen LogP contribution in [0.1, 0.15) is 12.5 Å². The molecule has 1 N–H and O–H groups in total. The van der Waals surface area contributed by atoms with E-state index in [9.17, 15) is 14.7 Å².